The Morgan fingerprint density at radius 3 is 2.32 bits per heavy atom. The third-order valence-electron chi connectivity index (χ3n) is 4.11. The molecule has 0 atom stereocenters. The molecule has 1 aromatic rings. The highest BCUT2D eigenvalue weighted by atomic mass is 16.4. The van der Waals surface area contributed by atoms with Crippen molar-refractivity contribution < 1.29 is 24.6 Å². The van der Waals surface area contributed by atoms with Crippen LogP contribution < -0.4 is 10.6 Å². The van der Waals surface area contributed by atoms with Crippen LogP contribution in [-0.2, 0) is 9.59 Å². The Hall–Kier alpha value is -3.36. The summed E-state index contributed by atoms with van der Waals surface area (Å²) in [6.45, 7) is 4.14. The van der Waals surface area contributed by atoms with Gasteiger partial charge in [0.1, 0.15) is 5.84 Å². The van der Waals surface area contributed by atoms with Crippen LogP contribution in [0, 0.1) is 0 Å². The number of aliphatic carboxylic acids is 2. The zero-order valence-electron chi connectivity index (χ0n) is 15.4. The average Bonchev–Trinajstić information content (AvgIpc) is 3.39. The van der Waals surface area contributed by atoms with E-state index in [1.54, 1.807) is 0 Å². The second kappa shape index (κ2) is 10.7. The van der Waals surface area contributed by atoms with Gasteiger partial charge in [0, 0.05) is 37.5 Å². The maximum absolute atomic E-state index is 12.5. The van der Waals surface area contributed by atoms with Crippen molar-refractivity contribution in [1.82, 2.24) is 10.2 Å². The zero-order valence-corrected chi connectivity index (χ0v) is 15.4. The van der Waals surface area contributed by atoms with E-state index in [2.05, 4.69) is 15.6 Å². The van der Waals surface area contributed by atoms with Crippen LogP contribution in [0.2, 0.25) is 0 Å². The van der Waals surface area contributed by atoms with Crippen LogP contribution >= 0.6 is 0 Å². The van der Waals surface area contributed by atoms with E-state index in [0.29, 0.717) is 18.7 Å². The number of anilines is 1. The Bertz CT molecular complexity index is 753. The molecule has 9 nitrogen and oxygen atoms in total. The van der Waals surface area contributed by atoms with Crippen LogP contribution in [0.4, 0.5) is 5.69 Å². The standard InChI is InChI=1S/C15H20N4O.C4H4O4/c20-15(19-9-3-4-10-19)12-5-1-2-6-13(12)18-11-14-16-7-8-17-14;5-3(6)1-2-4(7)8/h1-2,5-6,18H,3-4,7-11H2,(H,16,17);1-2H,(H,5,6)(H,7,8)/b;2-1+. The van der Waals surface area contributed by atoms with Gasteiger partial charge < -0.3 is 25.7 Å². The summed E-state index contributed by atoms with van der Waals surface area (Å²) in [5.74, 6) is -1.42. The molecule has 0 aromatic heterocycles. The fourth-order valence-electron chi connectivity index (χ4n) is 2.80. The van der Waals surface area contributed by atoms with Crippen LogP contribution in [0.25, 0.3) is 0 Å². The molecular weight excluding hydrogens is 364 g/mol. The van der Waals surface area contributed by atoms with E-state index in [1.807, 2.05) is 29.2 Å². The van der Waals surface area contributed by atoms with Gasteiger partial charge in [-0.25, -0.2) is 9.59 Å². The van der Waals surface area contributed by atoms with E-state index in [9.17, 15) is 14.4 Å². The molecule has 2 aliphatic rings. The number of nitrogens with one attached hydrogen (secondary N) is 2. The first-order valence-corrected chi connectivity index (χ1v) is 9.00. The molecule has 28 heavy (non-hydrogen) atoms. The fourth-order valence-corrected chi connectivity index (χ4v) is 2.80. The minimum atomic E-state index is -1.26. The summed E-state index contributed by atoms with van der Waals surface area (Å²) in [5, 5.41) is 22.2. The molecule has 1 aromatic carbocycles. The number of amides is 1. The topological polar surface area (TPSA) is 131 Å². The summed E-state index contributed by atoms with van der Waals surface area (Å²) in [7, 11) is 0. The monoisotopic (exact) mass is 388 g/mol. The number of benzene rings is 1. The number of likely N-dealkylation sites (tertiary alicyclic amines) is 1. The van der Waals surface area contributed by atoms with Gasteiger partial charge in [-0.15, -0.1) is 0 Å². The lowest BCUT2D eigenvalue weighted by molar-refractivity contribution is -0.134. The maximum Gasteiger partial charge on any atom is 0.328 e. The van der Waals surface area contributed by atoms with Crippen LogP contribution in [-0.4, -0.2) is 71.5 Å². The number of rotatable bonds is 6. The van der Waals surface area contributed by atoms with Crippen molar-refractivity contribution in [2.75, 3.05) is 38.0 Å². The van der Waals surface area contributed by atoms with E-state index >= 15 is 0 Å². The number of carboxylic acid groups (broad SMARTS) is 2. The molecule has 0 saturated carbocycles. The molecule has 2 aliphatic heterocycles. The Morgan fingerprint density at radius 1 is 1.11 bits per heavy atom. The van der Waals surface area contributed by atoms with E-state index in [-0.39, 0.29) is 5.91 Å². The number of hydrogen-bond acceptors (Lipinski definition) is 6. The molecule has 2 heterocycles. The number of para-hydroxylation sites is 1. The highest BCUT2D eigenvalue weighted by Gasteiger charge is 2.21. The van der Waals surface area contributed by atoms with Crippen LogP contribution in [0.15, 0.2) is 41.4 Å². The Balaban J connectivity index is 0.000000300. The smallest absolute Gasteiger partial charge is 0.328 e. The molecule has 4 N–H and O–H groups in total. The van der Waals surface area contributed by atoms with Crippen LogP contribution in [0.3, 0.4) is 0 Å². The van der Waals surface area contributed by atoms with E-state index in [0.717, 1.165) is 56.1 Å². The van der Waals surface area contributed by atoms with Gasteiger partial charge in [-0.05, 0) is 25.0 Å². The number of carbonyl (C=O) groups excluding carboxylic acids is 1. The lowest BCUT2D eigenvalue weighted by atomic mass is 10.1. The van der Waals surface area contributed by atoms with Crippen molar-refractivity contribution in [2.24, 2.45) is 4.99 Å². The number of hydrogen-bond donors (Lipinski definition) is 4. The minimum absolute atomic E-state index is 0.131. The Labute approximate surface area is 162 Å². The quantitative estimate of drug-likeness (QED) is 0.536. The normalized spacial score (nSPS) is 15.4. The fraction of sp³-hybridized carbons (Fsp3) is 0.368. The Morgan fingerprint density at radius 2 is 1.75 bits per heavy atom. The summed E-state index contributed by atoms with van der Waals surface area (Å²) in [5.41, 5.74) is 1.65. The second-order valence-corrected chi connectivity index (χ2v) is 6.16. The first-order chi connectivity index (χ1) is 13.5. The highest BCUT2D eigenvalue weighted by Crippen LogP contribution is 2.19. The van der Waals surface area contributed by atoms with Crippen molar-refractivity contribution in [3.05, 3.63) is 42.0 Å². The average molecular weight is 388 g/mol. The lowest BCUT2D eigenvalue weighted by Crippen LogP contribution is -2.30. The van der Waals surface area contributed by atoms with E-state index in [1.165, 1.54) is 0 Å². The molecule has 0 unspecified atom stereocenters. The Kier molecular flexibility index (Phi) is 8.01. The number of nitrogens with zero attached hydrogens (tertiary/aromatic N) is 2. The number of carboxylic acids is 2. The molecule has 9 heteroatoms. The molecule has 1 fully saturated rings. The van der Waals surface area contributed by atoms with Gasteiger partial charge in [-0.3, -0.25) is 9.79 Å². The predicted molar refractivity (Wildman–Crippen MR) is 105 cm³/mol. The van der Waals surface area contributed by atoms with Gasteiger partial charge in [-0.2, -0.15) is 0 Å². The van der Waals surface area contributed by atoms with Crippen molar-refractivity contribution in [2.45, 2.75) is 12.8 Å². The summed E-state index contributed by atoms with van der Waals surface area (Å²) >= 11 is 0. The summed E-state index contributed by atoms with van der Waals surface area (Å²) in [6.07, 6.45) is 3.34. The number of carbonyl (C=O) groups is 3. The van der Waals surface area contributed by atoms with Gasteiger partial charge in [0.25, 0.3) is 5.91 Å². The van der Waals surface area contributed by atoms with Gasteiger partial charge in [0.05, 0.1) is 18.7 Å². The van der Waals surface area contributed by atoms with Gasteiger partial charge in [0.2, 0.25) is 0 Å². The first-order valence-electron chi connectivity index (χ1n) is 9.00. The summed E-state index contributed by atoms with van der Waals surface area (Å²) < 4.78 is 0. The van der Waals surface area contributed by atoms with Gasteiger partial charge >= 0.3 is 11.9 Å². The van der Waals surface area contributed by atoms with Crippen molar-refractivity contribution >= 4 is 29.4 Å². The summed E-state index contributed by atoms with van der Waals surface area (Å²) in [6, 6.07) is 7.72. The molecule has 1 amide bonds. The van der Waals surface area contributed by atoms with Crippen molar-refractivity contribution in [1.29, 1.82) is 0 Å². The van der Waals surface area contributed by atoms with Crippen molar-refractivity contribution in [3.8, 4) is 0 Å². The largest absolute Gasteiger partial charge is 0.478 e. The zero-order chi connectivity index (χ0) is 20.4. The molecule has 150 valence electrons. The molecule has 3 rings (SSSR count). The molecule has 0 bridgehead atoms. The summed E-state index contributed by atoms with van der Waals surface area (Å²) in [4.78, 5) is 37.9. The minimum Gasteiger partial charge on any atom is -0.478 e. The molecule has 1 saturated heterocycles. The van der Waals surface area contributed by atoms with Crippen LogP contribution in [0.1, 0.15) is 23.2 Å². The molecular formula is C19H24N4O5. The van der Waals surface area contributed by atoms with E-state index < -0.39 is 11.9 Å². The van der Waals surface area contributed by atoms with E-state index in [4.69, 9.17) is 10.2 Å². The van der Waals surface area contributed by atoms with Gasteiger partial charge in [0.15, 0.2) is 0 Å². The molecule has 0 spiro atoms. The molecule has 0 radical (unpaired) electrons. The van der Waals surface area contributed by atoms with Crippen LogP contribution in [0.5, 0.6) is 0 Å². The van der Waals surface area contributed by atoms with Crippen molar-refractivity contribution in [3.63, 3.8) is 0 Å². The third kappa shape index (κ3) is 6.75. The predicted octanol–water partition coefficient (Wildman–Crippen LogP) is 1.05. The third-order valence-corrected chi connectivity index (χ3v) is 4.11. The number of aliphatic imine (C=N–C) groups is 1. The first kappa shape index (κ1) is 20.9. The molecule has 0 aliphatic carbocycles. The number of amidine groups is 1. The maximum atomic E-state index is 12.5. The lowest BCUT2D eigenvalue weighted by Gasteiger charge is -2.18. The SMILES string of the molecule is O=C(O)/C=C/C(=O)O.O=C(c1ccccc1NCC1=NCCN1)N1CCCC1. The van der Waals surface area contributed by atoms with Gasteiger partial charge in [-0.1, -0.05) is 12.1 Å². The highest BCUT2D eigenvalue weighted by molar-refractivity contribution is 6.00. The second-order valence-electron chi connectivity index (χ2n) is 6.16.